The maximum Gasteiger partial charge on any atom is 0.255 e. The largest absolute Gasteiger partial charge is 0.352 e. The standard InChI is InChI=1S/C20H23FN4O2/c1-24-8-10-25(11-9-24)20(27)17-12-16(13-22-14-17)19(26)23-7-6-15-2-4-18(21)5-3-15/h2-5,12-14H,6-11H2,1H3,(H,23,26). The number of nitrogens with one attached hydrogen (secondary N) is 1. The average molecular weight is 370 g/mol. The highest BCUT2D eigenvalue weighted by molar-refractivity contribution is 5.99. The molecule has 1 aromatic carbocycles. The first-order valence-corrected chi connectivity index (χ1v) is 8.98. The maximum absolute atomic E-state index is 12.9. The summed E-state index contributed by atoms with van der Waals surface area (Å²) in [6.45, 7) is 3.43. The molecule has 2 amide bonds. The van der Waals surface area contributed by atoms with Gasteiger partial charge in [-0.2, -0.15) is 0 Å². The Bertz CT molecular complexity index is 802. The lowest BCUT2D eigenvalue weighted by molar-refractivity contribution is 0.0663. The van der Waals surface area contributed by atoms with Crippen LogP contribution in [0.4, 0.5) is 4.39 Å². The van der Waals surface area contributed by atoms with Crippen LogP contribution in [0.25, 0.3) is 0 Å². The van der Waals surface area contributed by atoms with Gasteiger partial charge >= 0.3 is 0 Å². The number of halogens is 1. The van der Waals surface area contributed by atoms with Crippen LogP contribution >= 0.6 is 0 Å². The molecule has 1 saturated heterocycles. The molecular formula is C20H23FN4O2. The molecule has 0 radical (unpaired) electrons. The monoisotopic (exact) mass is 370 g/mol. The van der Waals surface area contributed by atoms with Gasteiger partial charge in [0.15, 0.2) is 0 Å². The lowest BCUT2D eigenvalue weighted by Crippen LogP contribution is -2.47. The molecule has 0 spiro atoms. The second kappa shape index (κ2) is 8.73. The van der Waals surface area contributed by atoms with Crippen LogP contribution in [0.5, 0.6) is 0 Å². The molecular weight excluding hydrogens is 347 g/mol. The molecule has 0 saturated carbocycles. The summed E-state index contributed by atoms with van der Waals surface area (Å²) in [6, 6.07) is 7.76. The van der Waals surface area contributed by atoms with Crippen molar-refractivity contribution < 1.29 is 14.0 Å². The van der Waals surface area contributed by atoms with Gasteiger partial charge in [0.1, 0.15) is 5.82 Å². The van der Waals surface area contributed by atoms with Crippen molar-refractivity contribution in [3.05, 3.63) is 65.2 Å². The van der Waals surface area contributed by atoms with E-state index in [2.05, 4.69) is 15.2 Å². The molecule has 0 aliphatic carbocycles. The topological polar surface area (TPSA) is 65.5 Å². The van der Waals surface area contributed by atoms with Crippen LogP contribution in [-0.4, -0.2) is 66.4 Å². The van der Waals surface area contributed by atoms with Crippen LogP contribution in [0.1, 0.15) is 26.3 Å². The van der Waals surface area contributed by atoms with E-state index in [0.29, 0.717) is 37.2 Å². The SMILES string of the molecule is CN1CCN(C(=O)c2cncc(C(=O)NCCc3ccc(F)cc3)c2)CC1. The molecule has 142 valence electrons. The summed E-state index contributed by atoms with van der Waals surface area (Å²) in [5.41, 5.74) is 1.72. The second-order valence-corrected chi connectivity index (χ2v) is 6.69. The Labute approximate surface area is 158 Å². The van der Waals surface area contributed by atoms with Gasteiger partial charge in [-0.05, 0) is 37.2 Å². The van der Waals surface area contributed by atoms with Gasteiger partial charge in [0.2, 0.25) is 0 Å². The van der Waals surface area contributed by atoms with Crippen molar-refractivity contribution in [2.75, 3.05) is 39.8 Å². The number of rotatable bonds is 5. The van der Waals surface area contributed by atoms with E-state index in [1.165, 1.54) is 24.5 Å². The van der Waals surface area contributed by atoms with Crippen LogP contribution in [0, 0.1) is 5.82 Å². The summed E-state index contributed by atoms with van der Waals surface area (Å²) >= 11 is 0. The highest BCUT2D eigenvalue weighted by Crippen LogP contribution is 2.10. The summed E-state index contributed by atoms with van der Waals surface area (Å²) in [5.74, 6) is -0.662. The van der Waals surface area contributed by atoms with E-state index in [-0.39, 0.29) is 17.6 Å². The predicted octanol–water partition coefficient (Wildman–Crippen LogP) is 1.58. The van der Waals surface area contributed by atoms with E-state index in [0.717, 1.165) is 18.7 Å². The molecule has 1 aliphatic heterocycles. The van der Waals surface area contributed by atoms with Crippen molar-refractivity contribution in [1.82, 2.24) is 20.1 Å². The number of likely N-dealkylation sites (N-methyl/N-ethyl adjacent to an activating group) is 1. The third kappa shape index (κ3) is 5.10. The summed E-state index contributed by atoms with van der Waals surface area (Å²) < 4.78 is 12.9. The Morgan fingerprint density at radius 1 is 1.07 bits per heavy atom. The van der Waals surface area contributed by atoms with Crippen molar-refractivity contribution in [2.24, 2.45) is 0 Å². The Balaban J connectivity index is 1.56. The molecule has 1 fully saturated rings. The minimum Gasteiger partial charge on any atom is -0.352 e. The maximum atomic E-state index is 12.9. The predicted molar refractivity (Wildman–Crippen MR) is 100 cm³/mol. The fraction of sp³-hybridized carbons (Fsp3) is 0.350. The molecule has 6 nitrogen and oxygen atoms in total. The number of carbonyl (C=O) groups is 2. The van der Waals surface area contributed by atoms with E-state index in [9.17, 15) is 14.0 Å². The minimum atomic E-state index is -0.282. The Morgan fingerprint density at radius 3 is 2.44 bits per heavy atom. The fourth-order valence-electron chi connectivity index (χ4n) is 2.95. The second-order valence-electron chi connectivity index (χ2n) is 6.69. The summed E-state index contributed by atoms with van der Waals surface area (Å²) in [6.07, 6.45) is 3.54. The van der Waals surface area contributed by atoms with Crippen LogP contribution in [0.15, 0.2) is 42.7 Å². The van der Waals surface area contributed by atoms with Gasteiger partial charge < -0.3 is 15.1 Å². The normalized spacial score (nSPS) is 14.8. The first kappa shape index (κ1) is 19.0. The number of benzene rings is 1. The summed E-state index contributed by atoms with van der Waals surface area (Å²) in [7, 11) is 2.03. The highest BCUT2D eigenvalue weighted by atomic mass is 19.1. The van der Waals surface area contributed by atoms with Gasteiger partial charge in [-0.3, -0.25) is 14.6 Å². The van der Waals surface area contributed by atoms with Gasteiger partial charge in [-0.1, -0.05) is 12.1 Å². The lowest BCUT2D eigenvalue weighted by Gasteiger charge is -2.32. The number of carbonyl (C=O) groups excluding carboxylic acids is 2. The van der Waals surface area contributed by atoms with E-state index in [1.54, 1.807) is 23.1 Å². The van der Waals surface area contributed by atoms with Gasteiger partial charge in [0, 0.05) is 45.1 Å². The number of piperazine rings is 1. The van der Waals surface area contributed by atoms with Gasteiger partial charge in [0.05, 0.1) is 11.1 Å². The number of aromatic nitrogens is 1. The smallest absolute Gasteiger partial charge is 0.255 e. The Morgan fingerprint density at radius 2 is 1.74 bits per heavy atom. The number of hydrogen-bond donors (Lipinski definition) is 1. The van der Waals surface area contributed by atoms with Crippen LogP contribution in [-0.2, 0) is 6.42 Å². The van der Waals surface area contributed by atoms with E-state index < -0.39 is 0 Å². The molecule has 7 heteroatoms. The van der Waals surface area contributed by atoms with Crippen molar-refractivity contribution in [3.8, 4) is 0 Å². The highest BCUT2D eigenvalue weighted by Gasteiger charge is 2.21. The van der Waals surface area contributed by atoms with Crippen molar-refractivity contribution in [3.63, 3.8) is 0 Å². The zero-order valence-electron chi connectivity index (χ0n) is 15.3. The fourth-order valence-corrected chi connectivity index (χ4v) is 2.95. The van der Waals surface area contributed by atoms with Crippen molar-refractivity contribution >= 4 is 11.8 Å². The van der Waals surface area contributed by atoms with Crippen molar-refractivity contribution in [2.45, 2.75) is 6.42 Å². The number of hydrogen-bond acceptors (Lipinski definition) is 4. The third-order valence-corrected chi connectivity index (χ3v) is 4.65. The molecule has 0 bridgehead atoms. The molecule has 1 N–H and O–H groups in total. The number of pyridine rings is 1. The summed E-state index contributed by atoms with van der Waals surface area (Å²) in [5, 5.41) is 2.81. The summed E-state index contributed by atoms with van der Waals surface area (Å²) in [4.78, 5) is 33.0. The molecule has 1 aliphatic rings. The third-order valence-electron chi connectivity index (χ3n) is 4.65. The van der Waals surface area contributed by atoms with Gasteiger partial charge in [0.25, 0.3) is 11.8 Å². The molecule has 0 atom stereocenters. The van der Waals surface area contributed by atoms with E-state index in [4.69, 9.17) is 0 Å². The zero-order chi connectivity index (χ0) is 19.2. The van der Waals surface area contributed by atoms with Crippen LogP contribution < -0.4 is 5.32 Å². The van der Waals surface area contributed by atoms with Crippen LogP contribution in [0.3, 0.4) is 0 Å². The van der Waals surface area contributed by atoms with Gasteiger partial charge in [-0.25, -0.2) is 4.39 Å². The average Bonchev–Trinajstić information content (AvgIpc) is 2.69. The quantitative estimate of drug-likeness (QED) is 0.868. The molecule has 27 heavy (non-hydrogen) atoms. The van der Waals surface area contributed by atoms with Gasteiger partial charge in [-0.15, -0.1) is 0 Å². The lowest BCUT2D eigenvalue weighted by atomic mass is 10.1. The minimum absolute atomic E-state index is 0.100. The molecule has 2 aromatic rings. The first-order valence-electron chi connectivity index (χ1n) is 8.98. The first-order chi connectivity index (χ1) is 13.0. The molecule has 2 heterocycles. The molecule has 3 rings (SSSR count). The molecule has 0 unspecified atom stereocenters. The Kier molecular flexibility index (Phi) is 6.13. The zero-order valence-corrected chi connectivity index (χ0v) is 15.3. The van der Waals surface area contributed by atoms with Crippen molar-refractivity contribution in [1.29, 1.82) is 0 Å². The number of nitrogens with zero attached hydrogens (tertiary/aromatic N) is 3. The van der Waals surface area contributed by atoms with E-state index >= 15 is 0 Å². The number of amides is 2. The molecule has 1 aromatic heterocycles. The van der Waals surface area contributed by atoms with Crippen LogP contribution in [0.2, 0.25) is 0 Å². The van der Waals surface area contributed by atoms with E-state index in [1.807, 2.05) is 7.05 Å². The Hall–Kier alpha value is -2.80.